The van der Waals surface area contributed by atoms with Crippen molar-refractivity contribution in [2.24, 2.45) is 0 Å². The molecule has 1 amide bonds. The largest absolute Gasteiger partial charge is 0.496 e. The number of benzene rings is 3. The van der Waals surface area contributed by atoms with E-state index < -0.39 is 29.1 Å². The molecule has 0 radical (unpaired) electrons. The first kappa shape index (κ1) is 26.3. The first-order chi connectivity index (χ1) is 17.5. The molecule has 1 unspecified atom stereocenters. The number of aliphatic hydroxyl groups is 1. The summed E-state index contributed by atoms with van der Waals surface area (Å²) in [6.07, 6.45) is 0.873. The number of hydrogen-bond acceptors (Lipinski definition) is 4. The minimum absolute atomic E-state index is 0.0442. The second-order valence-electron chi connectivity index (χ2n) is 9.12. The Balaban J connectivity index is 1.83. The number of hydrogen-bond donors (Lipinski definition) is 2. The topological polar surface area (TPSA) is 76.4 Å². The fourth-order valence-electron chi connectivity index (χ4n) is 4.16. The van der Waals surface area contributed by atoms with E-state index in [2.05, 4.69) is 10.3 Å². The van der Waals surface area contributed by atoms with E-state index >= 15 is 0 Å². The summed E-state index contributed by atoms with van der Waals surface area (Å²) in [6, 6.07) is 15.1. The van der Waals surface area contributed by atoms with Gasteiger partial charge >= 0.3 is 0 Å². The van der Waals surface area contributed by atoms with E-state index in [0.29, 0.717) is 28.4 Å². The van der Waals surface area contributed by atoms with Gasteiger partial charge in [-0.1, -0.05) is 37.6 Å². The fraction of sp³-hybridized carbons (Fsp3) is 0.214. The lowest BCUT2D eigenvalue weighted by Gasteiger charge is -2.28. The van der Waals surface area contributed by atoms with Crippen molar-refractivity contribution in [3.8, 4) is 11.4 Å². The Morgan fingerprint density at radius 1 is 1.11 bits per heavy atom. The summed E-state index contributed by atoms with van der Waals surface area (Å²) in [5.41, 5.74) is 2.25. The molecule has 37 heavy (non-hydrogen) atoms. The highest BCUT2D eigenvalue weighted by atomic mass is 35.5. The average molecular weight is 526 g/mol. The van der Waals surface area contributed by atoms with Crippen molar-refractivity contribution in [3.05, 3.63) is 106 Å². The molecule has 9 heteroatoms. The van der Waals surface area contributed by atoms with Gasteiger partial charge in [0.1, 0.15) is 17.4 Å². The molecule has 4 aromatic rings. The zero-order chi connectivity index (χ0) is 26.9. The number of aliphatic hydroxyl groups excluding tert-OH is 1. The summed E-state index contributed by atoms with van der Waals surface area (Å²) in [5.74, 6) is -1.01. The number of carbonyl (C=O) groups excluding carboxylic acids is 1. The van der Waals surface area contributed by atoms with Gasteiger partial charge in [-0.3, -0.25) is 9.36 Å². The van der Waals surface area contributed by atoms with Gasteiger partial charge in [-0.2, -0.15) is 0 Å². The molecule has 192 valence electrons. The summed E-state index contributed by atoms with van der Waals surface area (Å²) in [4.78, 5) is 17.7. The summed E-state index contributed by atoms with van der Waals surface area (Å²) in [5, 5.41) is 12.6. The summed E-state index contributed by atoms with van der Waals surface area (Å²) >= 11 is 5.86. The number of halogens is 3. The van der Waals surface area contributed by atoms with Crippen LogP contribution in [0, 0.1) is 11.6 Å². The summed E-state index contributed by atoms with van der Waals surface area (Å²) in [6.45, 7) is 5.58. The summed E-state index contributed by atoms with van der Waals surface area (Å²) in [7, 11) is 1.53. The number of aromatic nitrogens is 2. The highest BCUT2D eigenvalue weighted by molar-refractivity contribution is 6.31. The zero-order valence-electron chi connectivity index (χ0n) is 20.7. The average Bonchev–Trinajstić information content (AvgIpc) is 3.32. The van der Waals surface area contributed by atoms with Crippen LogP contribution in [0.2, 0.25) is 5.02 Å². The molecule has 3 aromatic carbocycles. The highest BCUT2D eigenvalue weighted by Gasteiger charge is 2.32. The van der Waals surface area contributed by atoms with E-state index in [4.69, 9.17) is 16.3 Å². The maximum absolute atomic E-state index is 13.7. The molecule has 0 saturated heterocycles. The highest BCUT2D eigenvalue weighted by Crippen LogP contribution is 2.37. The number of rotatable bonds is 7. The Morgan fingerprint density at radius 3 is 2.43 bits per heavy atom. The first-order valence-electron chi connectivity index (χ1n) is 11.5. The van der Waals surface area contributed by atoms with Gasteiger partial charge in [0.2, 0.25) is 5.82 Å². The van der Waals surface area contributed by atoms with Crippen LogP contribution in [-0.2, 0) is 5.41 Å². The van der Waals surface area contributed by atoms with Crippen LogP contribution in [-0.4, -0.2) is 27.7 Å². The monoisotopic (exact) mass is 525 g/mol. The number of amides is 1. The SMILES string of the molecule is COc1cc(C(C)(C)c2cnc(C(=O)Nc3ccc(F)c(Cl)c3)n2-c2ccc(F)cc2)ccc1C(C)O. The maximum atomic E-state index is 13.7. The van der Waals surface area contributed by atoms with Crippen LogP contribution < -0.4 is 10.1 Å². The Labute approximate surface area is 218 Å². The molecule has 0 spiro atoms. The minimum Gasteiger partial charge on any atom is -0.496 e. The molecule has 0 fully saturated rings. The maximum Gasteiger partial charge on any atom is 0.292 e. The quantitative estimate of drug-likeness (QED) is 0.291. The Bertz CT molecular complexity index is 1450. The smallest absolute Gasteiger partial charge is 0.292 e. The lowest BCUT2D eigenvalue weighted by molar-refractivity contribution is 0.101. The Morgan fingerprint density at radius 2 is 1.81 bits per heavy atom. The van der Waals surface area contributed by atoms with Crippen molar-refractivity contribution in [1.29, 1.82) is 0 Å². The van der Waals surface area contributed by atoms with Crippen LogP contribution in [0.4, 0.5) is 14.5 Å². The lowest BCUT2D eigenvalue weighted by Crippen LogP contribution is -2.25. The van der Waals surface area contributed by atoms with Gasteiger partial charge in [0, 0.05) is 22.4 Å². The third-order valence-corrected chi connectivity index (χ3v) is 6.56. The first-order valence-corrected chi connectivity index (χ1v) is 11.9. The van der Waals surface area contributed by atoms with Gasteiger partial charge in [0.25, 0.3) is 5.91 Å². The number of anilines is 1. The molecule has 0 aliphatic carbocycles. The molecular weight excluding hydrogens is 500 g/mol. The van der Waals surface area contributed by atoms with Gasteiger partial charge in [-0.25, -0.2) is 13.8 Å². The number of methoxy groups -OCH3 is 1. The third-order valence-electron chi connectivity index (χ3n) is 6.27. The predicted molar refractivity (Wildman–Crippen MR) is 139 cm³/mol. The number of ether oxygens (including phenoxy) is 1. The second kappa shape index (κ2) is 10.3. The predicted octanol–water partition coefficient (Wildman–Crippen LogP) is 6.44. The van der Waals surface area contributed by atoms with Gasteiger partial charge in [-0.05, 0) is 61.0 Å². The van der Waals surface area contributed by atoms with Crippen molar-refractivity contribution in [3.63, 3.8) is 0 Å². The molecule has 2 N–H and O–H groups in total. The van der Waals surface area contributed by atoms with Crippen LogP contribution in [0.3, 0.4) is 0 Å². The number of imidazole rings is 1. The van der Waals surface area contributed by atoms with Crippen molar-refractivity contribution < 1.29 is 23.4 Å². The Hall–Kier alpha value is -3.75. The standard InChI is InChI=1S/C28H26ClF2N3O3/c1-16(35)21-11-5-17(13-24(21)37-4)28(2,3)25-15-32-26(34(25)20-9-6-18(30)7-10-20)27(36)33-19-8-12-23(31)22(29)14-19/h5-16,35H,1-4H3,(H,33,36). The van der Waals surface area contributed by atoms with Gasteiger partial charge in [-0.15, -0.1) is 0 Å². The Kier molecular flexibility index (Phi) is 7.34. The third kappa shape index (κ3) is 5.21. The van der Waals surface area contributed by atoms with Gasteiger partial charge < -0.3 is 15.2 Å². The van der Waals surface area contributed by atoms with Crippen LogP contribution in [0.25, 0.3) is 5.69 Å². The number of nitrogens with zero attached hydrogens (tertiary/aromatic N) is 2. The second-order valence-corrected chi connectivity index (χ2v) is 9.53. The van der Waals surface area contributed by atoms with Crippen LogP contribution >= 0.6 is 11.6 Å². The molecule has 0 saturated carbocycles. The van der Waals surface area contributed by atoms with Crippen LogP contribution in [0.1, 0.15) is 54.3 Å². The van der Waals surface area contributed by atoms with E-state index in [-0.39, 0.29) is 10.8 Å². The molecule has 0 bridgehead atoms. The fourth-order valence-corrected chi connectivity index (χ4v) is 4.34. The van der Waals surface area contributed by atoms with Crippen molar-refractivity contribution in [2.75, 3.05) is 12.4 Å². The number of carbonyl (C=O) groups is 1. The van der Waals surface area contributed by atoms with Crippen LogP contribution in [0.5, 0.6) is 5.75 Å². The molecule has 0 aliphatic heterocycles. The zero-order valence-corrected chi connectivity index (χ0v) is 21.5. The van der Waals surface area contributed by atoms with Gasteiger partial charge in [0.15, 0.2) is 0 Å². The minimum atomic E-state index is -0.716. The van der Waals surface area contributed by atoms with E-state index in [0.717, 1.165) is 11.6 Å². The molecule has 6 nitrogen and oxygen atoms in total. The normalized spacial score (nSPS) is 12.3. The van der Waals surface area contributed by atoms with E-state index in [1.165, 1.54) is 31.4 Å². The molecule has 4 rings (SSSR count). The lowest BCUT2D eigenvalue weighted by atomic mass is 9.80. The molecule has 1 heterocycles. The van der Waals surface area contributed by atoms with Crippen LogP contribution in [0.15, 0.2) is 66.9 Å². The molecule has 1 atom stereocenters. The summed E-state index contributed by atoms with van der Waals surface area (Å²) < 4.78 is 34.5. The van der Waals surface area contributed by atoms with Crippen molar-refractivity contribution in [1.82, 2.24) is 9.55 Å². The van der Waals surface area contributed by atoms with E-state index in [1.54, 1.807) is 35.9 Å². The molecular formula is C28H26ClF2N3O3. The van der Waals surface area contributed by atoms with Gasteiger partial charge in [0.05, 0.1) is 30.1 Å². The van der Waals surface area contributed by atoms with E-state index in [9.17, 15) is 18.7 Å². The molecule has 1 aromatic heterocycles. The molecule has 0 aliphatic rings. The van der Waals surface area contributed by atoms with E-state index in [1.807, 2.05) is 26.0 Å². The van der Waals surface area contributed by atoms with Crippen molar-refractivity contribution in [2.45, 2.75) is 32.3 Å². The van der Waals surface area contributed by atoms with Crippen molar-refractivity contribution >= 4 is 23.2 Å². The number of nitrogens with one attached hydrogen (secondary N) is 1.